The minimum atomic E-state index is -0.670. The maximum atomic E-state index is 12.7. The van der Waals surface area contributed by atoms with Gasteiger partial charge in [0.25, 0.3) is 0 Å². The summed E-state index contributed by atoms with van der Waals surface area (Å²) in [6, 6.07) is 6.97. The van der Waals surface area contributed by atoms with E-state index in [2.05, 4.69) is 30.4 Å². The van der Waals surface area contributed by atoms with Gasteiger partial charge < -0.3 is 33.6 Å². The average Bonchev–Trinajstić information content (AvgIpc) is 2.93. The summed E-state index contributed by atoms with van der Waals surface area (Å²) in [5, 5.41) is 6.20. The molecular weight excluding hydrogens is 532 g/mol. The summed E-state index contributed by atoms with van der Waals surface area (Å²) >= 11 is 5.91. The molecule has 0 aromatic heterocycles. The number of carbonyl (C=O) groups is 2. The summed E-state index contributed by atoms with van der Waals surface area (Å²) < 4.78 is 0. The molecule has 0 radical (unpaired) electrons. The van der Waals surface area contributed by atoms with Crippen molar-refractivity contribution in [2.75, 3.05) is 51.1 Å². The van der Waals surface area contributed by atoms with E-state index in [1.807, 2.05) is 0 Å². The molecule has 2 fully saturated rings. The molecule has 10 N–H and O–H groups in total. The Labute approximate surface area is 241 Å². The Morgan fingerprint density at radius 3 is 2.12 bits per heavy atom. The van der Waals surface area contributed by atoms with Crippen molar-refractivity contribution in [3.63, 3.8) is 0 Å². The lowest BCUT2D eigenvalue weighted by Crippen LogP contribution is -2.55. The molecule has 1 heterocycles. The van der Waals surface area contributed by atoms with Crippen LogP contribution < -0.4 is 33.6 Å². The number of hydrogen-bond donors (Lipinski definition) is 6. The third kappa shape index (κ3) is 10.8. The van der Waals surface area contributed by atoms with Crippen LogP contribution >= 0.6 is 11.6 Å². The smallest absolute Gasteiger partial charge is 0.313 e. The monoisotopic (exact) mass is 576 g/mol. The van der Waals surface area contributed by atoms with Crippen LogP contribution in [0.15, 0.2) is 34.3 Å². The van der Waals surface area contributed by atoms with Crippen molar-refractivity contribution in [1.82, 2.24) is 15.1 Å². The lowest BCUT2D eigenvalue weighted by molar-refractivity contribution is -0.137. The topological polar surface area (TPSA) is 193 Å². The predicted octanol–water partition coefficient (Wildman–Crippen LogP) is 0.657. The zero-order chi connectivity index (χ0) is 28.9. The molecular formula is C27H45ClN10O2. The fourth-order valence-corrected chi connectivity index (χ4v) is 5.81. The summed E-state index contributed by atoms with van der Waals surface area (Å²) in [6.45, 7) is 4.94. The van der Waals surface area contributed by atoms with Gasteiger partial charge in [-0.05, 0) is 55.9 Å². The van der Waals surface area contributed by atoms with Gasteiger partial charge in [0, 0.05) is 55.5 Å². The van der Waals surface area contributed by atoms with E-state index >= 15 is 0 Å². The number of benzene rings is 1. The summed E-state index contributed by atoms with van der Waals surface area (Å²) in [7, 11) is 0. The van der Waals surface area contributed by atoms with Crippen LogP contribution in [0.3, 0.4) is 0 Å². The number of hydrogen-bond acceptors (Lipinski definition) is 6. The van der Waals surface area contributed by atoms with Gasteiger partial charge in [-0.15, -0.1) is 0 Å². The van der Waals surface area contributed by atoms with Gasteiger partial charge in [0.05, 0.1) is 13.1 Å². The first kappa shape index (κ1) is 31.4. The fraction of sp³-hybridized carbons (Fsp3) is 0.630. The van der Waals surface area contributed by atoms with Crippen LogP contribution in [0.1, 0.15) is 44.9 Å². The van der Waals surface area contributed by atoms with Crippen LogP contribution in [0.2, 0.25) is 5.02 Å². The molecule has 2 amide bonds. The summed E-state index contributed by atoms with van der Waals surface area (Å²) in [5.41, 5.74) is 22.6. The van der Waals surface area contributed by atoms with Gasteiger partial charge in [0.1, 0.15) is 0 Å². The number of nitrogens with zero attached hydrogens (tertiary/aromatic N) is 4. The van der Waals surface area contributed by atoms with E-state index in [1.165, 1.54) is 32.1 Å². The normalized spacial score (nSPS) is 20.1. The standard InChI is InChI=1S/C27H45ClN10O2/c28-20-6-8-21(9-7-20)35-24(39)25(40)36-22-10-13-38(23(18-22)19-4-2-1-3-5-19)17-16-37(14-11-33-26(29)30)15-12-34-27(31)32/h6-9,19,22-23H,1-5,10-18H2,(H,35,39)(H,36,40)(H4,29,30,33)(H4,31,32,34). The van der Waals surface area contributed by atoms with Crippen LogP contribution in [0.4, 0.5) is 5.69 Å². The second-order valence-corrected chi connectivity index (χ2v) is 11.0. The Kier molecular flexibility index (Phi) is 12.8. The van der Waals surface area contributed by atoms with Crippen molar-refractivity contribution in [2.24, 2.45) is 38.8 Å². The number of piperidine rings is 1. The Bertz CT molecular complexity index is 983. The molecule has 2 atom stereocenters. The van der Waals surface area contributed by atoms with E-state index < -0.39 is 11.8 Å². The van der Waals surface area contributed by atoms with Crippen LogP contribution in [0.5, 0.6) is 0 Å². The molecule has 1 aromatic carbocycles. The molecule has 0 bridgehead atoms. The second kappa shape index (κ2) is 16.2. The largest absolute Gasteiger partial charge is 0.370 e. The van der Waals surface area contributed by atoms with Gasteiger partial charge in [-0.3, -0.25) is 29.4 Å². The maximum absolute atomic E-state index is 12.7. The number of carbonyl (C=O) groups excluding carboxylic acids is 2. The molecule has 13 heteroatoms. The zero-order valence-electron chi connectivity index (χ0n) is 23.2. The first-order chi connectivity index (χ1) is 19.2. The van der Waals surface area contributed by atoms with E-state index in [0.29, 0.717) is 48.8 Å². The number of amides is 2. The Morgan fingerprint density at radius 1 is 0.900 bits per heavy atom. The van der Waals surface area contributed by atoms with Gasteiger partial charge in [0.15, 0.2) is 11.9 Å². The minimum Gasteiger partial charge on any atom is -0.370 e. The lowest BCUT2D eigenvalue weighted by Gasteiger charge is -2.45. The van der Waals surface area contributed by atoms with Gasteiger partial charge in [-0.25, -0.2) is 0 Å². The first-order valence-corrected chi connectivity index (χ1v) is 14.5. The molecule has 222 valence electrons. The number of aliphatic imine (C=N–C) groups is 2. The minimum absolute atomic E-state index is 0.0496. The summed E-state index contributed by atoms with van der Waals surface area (Å²) in [6.07, 6.45) is 7.74. The Balaban J connectivity index is 1.59. The maximum Gasteiger partial charge on any atom is 0.313 e. The molecule has 1 saturated heterocycles. The number of anilines is 1. The second-order valence-electron chi connectivity index (χ2n) is 10.6. The van der Waals surface area contributed by atoms with E-state index in [4.69, 9.17) is 34.5 Å². The third-order valence-corrected chi connectivity index (χ3v) is 7.97. The molecule has 1 aliphatic carbocycles. The Hall–Kier alpha value is -3.09. The highest BCUT2D eigenvalue weighted by atomic mass is 35.5. The van der Waals surface area contributed by atoms with Crippen molar-refractivity contribution < 1.29 is 9.59 Å². The van der Waals surface area contributed by atoms with E-state index in [1.54, 1.807) is 24.3 Å². The van der Waals surface area contributed by atoms with Crippen LogP contribution in [0, 0.1) is 5.92 Å². The zero-order valence-corrected chi connectivity index (χ0v) is 24.0. The molecule has 40 heavy (non-hydrogen) atoms. The van der Waals surface area contributed by atoms with Crippen molar-refractivity contribution in [2.45, 2.75) is 57.0 Å². The van der Waals surface area contributed by atoms with Crippen molar-refractivity contribution in [3.8, 4) is 0 Å². The quantitative estimate of drug-likeness (QED) is 0.119. The number of nitrogens with one attached hydrogen (secondary N) is 2. The van der Waals surface area contributed by atoms with Crippen LogP contribution in [-0.4, -0.2) is 91.4 Å². The lowest BCUT2D eigenvalue weighted by atomic mass is 9.78. The van der Waals surface area contributed by atoms with Crippen molar-refractivity contribution in [1.29, 1.82) is 0 Å². The third-order valence-electron chi connectivity index (χ3n) is 7.72. The fourth-order valence-electron chi connectivity index (χ4n) is 5.68. The van der Waals surface area contributed by atoms with Crippen LogP contribution in [0.25, 0.3) is 0 Å². The van der Waals surface area contributed by atoms with Crippen molar-refractivity contribution >= 4 is 41.0 Å². The van der Waals surface area contributed by atoms with Gasteiger partial charge >= 0.3 is 11.8 Å². The van der Waals surface area contributed by atoms with E-state index in [0.717, 1.165) is 32.5 Å². The number of rotatable bonds is 12. The molecule has 2 aliphatic rings. The molecule has 0 spiro atoms. The Morgan fingerprint density at radius 2 is 1.52 bits per heavy atom. The number of likely N-dealkylation sites (tertiary alicyclic amines) is 1. The van der Waals surface area contributed by atoms with E-state index in [-0.39, 0.29) is 18.0 Å². The molecule has 3 rings (SSSR count). The van der Waals surface area contributed by atoms with Crippen LogP contribution in [-0.2, 0) is 9.59 Å². The van der Waals surface area contributed by atoms with Gasteiger partial charge in [-0.1, -0.05) is 30.9 Å². The number of halogens is 1. The SMILES string of the molecule is NC(N)=NCCN(CCN=C(N)N)CCN1CCC(NC(=O)C(=O)Nc2ccc(Cl)cc2)CC1C1CCCCC1. The van der Waals surface area contributed by atoms with Crippen molar-refractivity contribution in [3.05, 3.63) is 29.3 Å². The van der Waals surface area contributed by atoms with E-state index in [9.17, 15) is 9.59 Å². The highest BCUT2D eigenvalue weighted by Crippen LogP contribution is 2.33. The molecule has 1 aliphatic heterocycles. The molecule has 2 unspecified atom stereocenters. The highest BCUT2D eigenvalue weighted by molar-refractivity contribution is 6.39. The average molecular weight is 577 g/mol. The van der Waals surface area contributed by atoms with Gasteiger partial charge in [0.2, 0.25) is 0 Å². The molecule has 1 saturated carbocycles. The summed E-state index contributed by atoms with van der Waals surface area (Å²) in [4.78, 5) is 38.3. The molecule has 12 nitrogen and oxygen atoms in total. The predicted molar refractivity (Wildman–Crippen MR) is 161 cm³/mol. The number of nitrogens with two attached hydrogens (primary N) is 4. The van der Waals surface area contributed by atoms with Gasteiger partial charge in [-0.2, -0.15) is 0 Å². The highest BCUT2D eigenvalue weighted by Gasteiger charge is 2.35. The molecule has 1 aromatic rings. The first-order valence-electron chi connectivity index (χ1n) is 14.2. The summed E-state index contributed by atoms with van der Waals surface area (Å²) in [5.74, 6) is -0.550. The number of guanidine groups is 2.